The second-order valence-electron chi connectivity index (χ2n) is 6.06. The molecular formula is C18H27NO. The highest BCUT2D eigenvalue weighted by Gasteiger charge is 2.22. The summed E-state index contributed by atoms with van der Waals surface area (Å²) >= 11 is 0. The van der Waals surface area contributed by atoms with Gasteiger partial charge in [0.1, 0.15) is 6.61 Å². The number of nitrogens with zero attached hydrogens (tertiary/aromatic N) is 1. The number of aryl methyl sites for hydroxylation is 1. The van der Waals surface area contributed by atoms with Crippen LogP contribution in [0.4, 0.5) is 0 Å². The molecule has 20 heavy (non-hydrogen) atoms. The fraction of sp³-hybridized carbons (Fsp3) is 0.611. The smallest absolute Gasteiger partial charge is 0.216 e. The van der Waals surface area contributed by atoms with Crippen LogP contribution < -0.4 is 0 Å². The van der Waals surface area contributed by atoms with Gasteiger partial charge in [-0.25, -0.2) is 4.99 Å². The Morgan fingerprint density at radius 2 is 1.90 bits per heavy atom. The van der Waals surface area contributed by atoms with Crippen LogP contribution in [0, 0.1) is 5.92 Å². The van der Waals surface area contributed by atoms with E-state index < -0.39 is 0 Å². The molecule has 1 atom stereocenters. The summed E-state index contributed by atoms with van der Waals surface area (Å²) in [4.78, 5) is 4.67. The van der Waals surface area contributed by atoms with E-state index in [1.54, 1.807) is 0 Å². The Morgan fingerprint density at radius 1 is 1.15 bits per heavy atom. The zero-order valence-corrected chi connectivity index (χ0v) is 13.1. The molecule has 2 heteroatoms. The molecule has 0 bridgehead atoms. The monoisotopic (exact) mass is 273 g/mol. The second kappa shape index (κ2) is 7.47. The van der Waals surface area contributed by atoms with Gasteiger partial charge in [-0.2, -0.15) is 0 Å². The van der Waals surface area contributed by atoms with Crippen molar-refractivity contribution in [1.29, 1.82) is 0 Å². The van der Waals surface area contributed by atoms with E-state index >= 15 is 0 Å². The van der Waals surface area contributed by atoms with Gasteiger partial charge in [-0.05, 0) is 36.5 Å². The van der Waals surface area contributed by atoms with E-state index in [1.165, 1.54) is 37.7 Å². The summed E-state index contributed by atoms with van der Waals surface area (Å²) in [5, 5.41) is 0. The van der Waals surface area contributed by atoms with Crippen molar-refractivity contribution in [2.45, 2.75) is 58.9 Å². The fourth-order valence-electron chi connectivity index (χ4n) is 2.46. The molecule has 0 N–H and O–H groups in total. The number of hydrogen-bond acceptors (Lipinski definition) is 2. The number of benzene rings is 1. The largest absolute Gasteiger partial charge is 0.475 e. The van der Waals surface area contributed by atoms with Crippen LogP contribution in [0.15, 0.2) is 29.3 Å². The summed E-state index contributed by atoms with van der Waals surface area (Å²) in [6, 6.07) is 9.05. The summed E-state index contributed by atoms with van der Waals surface area (Å²) in [6.07, 6.45) is 6.46. The summed E-state index contributed by atoms with van der Waals surface area (Å²) in [5.74, 6) is 1.37. The number of ether oxygens (including phenoxy) is 1. The van der Waals surface area contributed by atoms with Gasteiger partial charge in [-0.3, -0.25) is 0 Å². The standard InChI is InChI=1S/C18H27NO/c1-4-5-6-7-8-15-9-11-16(12-10-15)18-19-17(13-20-18)14(2)3/h9-12,14,17H,4-8,13H2,1-3H3. The average Bonchev–Trinajstić information content (AvgIpc) is 2.94. The van der Waals surface area contributed by atoms with Gasteiger partial charge in [0.05, 0.1) is 6.04 Å². The molecule has 1 unspecified atom stereocenters. The van der Waals surface area contributed by atoms with Crippen LogP contribution in [0.1, 0.15) is 57.6 Å². The van der Waals surface area contributed by atoms with Crippen molar-refractivity contribution in [2.24, 2.45) is 10.9 Å². The Kier molecular flexibility index (Phi) is 5.63. The van der Waals surface area contributed by atoms with Crippen LogP contribution >= 0.6 is 0 Å². The molecule has 0 saturated heterocycles. The zero-order valence-electron chi connectivity index (χ0n) is 13.1. The van der Waals surface area contributed by atoms with Crippen molar-refractivity contribution in [3.8, 4) is 0 Å². The van der Waals surface area contributed by atoms with E-state index in [0.717, 1.165) is 18.1 Å². The maximum atomic E-state index is 5.72. The SMILES string of the molecule is CCCCCCc1ccc(C2=NC(C(C)C)CO2)cc1. The van der Waals surface area contributed by atoms with Crippen LogP contribution in [-0.2, 0) is 11.2 Å². The van der Waals surface area contributed by atoms with Gasteiger partial charge in [0.25, 0.3) is 0 Å². The van der Waals surface area contributed by atoms with Crippen molar-refractivity contribution < 1.29 is 4.74 Å². The van der Waals surface area contributed by atoms with Crippen molar-refractivity contribution in [1.82, 2.24) is 0 Å². The molecule has 0 fully saturated rings. The highest BCUT2D eigenvalue weighted by Crippen LogP contribution is 2.18. The number of hydrogen-bond donors (Lipinski definition) is 0. The van der Waals surface area contributed by atoms with E-state index in [-0.39, 0.29) is 0 Å². The van der Waals surface area contributed by atoms with Crippen LogP contribution in [0.5, 0.6) is 0 Å². The molecule has 1 aromatic rings. The maximum Gasteiger partial charge on any atom is 0.216 e. The van der Waals surface area contributed by atoms with E-state index in [4.69, 9.17) is 4.74 Å². The first-order valence-electron chi connectivity index (χ1n) is 8.00. The zero-order chi connectivity index (χ0) is 14.4. The normalized spacial score (nSPS) is 18.2. The molecular weight excluding hydrogens is 246 g/mol. The topological polar surface area (TPSA) is 21.6 Å². The minimum Gasteiger partial charge on any atom is -0.475 e. The van der Waals surface area contributed by atoms with Gasteiger partial charge >= 0.3 is 0 Å². The minimum atomic E-state index is 0.318. The van der Waals surface area contributed by atoms with Crippen LogP contribution in [0.2, 0.25) is 0 Å². The molecule has 1 aliphatic rings. The molecule has 0 spiro atoms. The predicted molar refractivity (Wildman–Crippen MR) is 85.4 cm³/mol. The predicted octanol–water partition coefficient (Wildman–Crippen LogP) is 4.61. The Morgan fingerprint density at radius 3 is 2.50 bits per heavy atom. The highest BCUT2D eigenvalue weighted by molar-refractivity contribution is 5.95. The first-order chi connectivity index (χ1) is 9.70. The lowest BCUT2D eigenvalue weighted by Gasteiger charge is -2.06. The summed E-state index contributed by atoms with van der Waals surface area (Å²) in [6.45, 7) is 7.37. The third-order valence-electron chi connectivity index (χ3n) is 3.96. The summed E-state index contributed by atoms with van der Waals surface area (Å²) in [7, 11) is 0. The minimum absolute atomic E-state index is 0.318. The Hall–Kier alpha value is -1.31. The number of aliphatic imine (C=N–C) groups is 1. The highest BCUT2D eigenvalue weighted by atomic mass is 16.5. The first-order valence-corrected chi connectivity index (χ1v) is 8.00. The lowest BCUT2D eigenvalue weighted by Crippen LogP contribution is -2.13. The first kappa shape index (κ1) is 15.1. The van der Waals surface area contributed by atoms with Crippen LogP contribution in [0.3, 0.4) is 0 Å². The van der Waals surface area contributed by atoms with Crippen molar-refractivity contribution >= 4 is 5.90 Å². The lowest BCUT2D eigenvalue weighted by atomic mass is 10.0. The second-order valence-corrected chi connectivity index (χ2v) is 6.06. The van der Waals surface area contributed by atoms with E-state index in [2.05, 4.69) is 50.0 Å². The van der Waals surface area contributed by atoms with Gasteiger partial charge in [0, 0.05) is 5.56 Å². The number of unbranched alkanes of at least 4 members (excludes halogenated alkanes) is 3. The van der Waals surface area contributed by atoms with Crippen molar-refractivity contribution in [3.05, 3.63) is 35.4 Å². The Labute approximate surface area is 123 Å². The summed E-state index contributed by atoms with van der Waals surface area (Å²) < 4.78 is 5.72. The van der Waals surface area contributed by atoms with Crippen LogP contribution in [-0.4, -0.2) is 18.5 Å². The summed E-state index contributed by atoms with van der Waals surface area (Å²) in [5.41, 5.74) is 2.54. The van der Waals surface area contributed by atoms with E-state index in [9.17, 15) is 0 Å². The molecule has 0 aromatic heterocycles. The molecule has 0 radical (unpaired) electrons. The van der Waals surface area contributed by atoms with Crippen molar-refractivity contribution in [2.75, 3.05) is 6.61 Å². The molecule has 2 nitrogen and oxygen atoms in total. The van der Waals surface area contributed by atoms with Crippen LogP contribution in [0.25, 0.3) is 0 Å². The number of rotatable bonds is 7. The molecule has 1 heterocycles. The Bertz CT molecular complexity index is 433. The molecule has 0 saturated carbocycles. The van der Waals surface area contributed by atoms with Gasteiger partial charge in [0.15, 0.2) is 0 Å². The molecule has 0 aliphatic carbocycles. The van der Waals surface area contributed by atoms with E-state index in [0.29, 0.717) is 12.0 Å². The quantitative estimate of drug-likeness (QED) is 0.665. The van der Waals surface area contributed by atoms with Gasteiger partial charge < -0.3 is 4.74 Å². The third-order valence-corrected chi connectivity index (χ3v) is 3.96. The van der Waals surface area contributed by atoms with Gasteiger partial charge in [-0.1, -0.05) is 52.2 Å². The van der Waals surface area contributed by atoms with Crippen molar-refractivity contribution in [3.63, 3.8) is 0 Å². The van der Waals surface area contributed by atoms with Gasteiger partial charge in [-0.15, -0.1) is 0 Å². The molecule has 0 amide bonds. The fourth-order valence-corrected chi connectivity index (χ4v) is 2.46. The maximum absolute atomic E-state index is 5.72. The average molecular weight is 273 g/mol. The third kappa shape index (κ3) is 4.09. The molecule has 2 rings (SSSR count). The molecule has 1 aliphatic heterocycles. The van der Waals surface area contributed by atoms with Gasteiger partial charge in [0.2, 0.25) is 5.90 Å². The molecule has 1 aromatic carbocycles. The Balaban J connectivity index is 1.90. The molecule has 110 valence electrons. The van der Waals surface area contributed by atoms with E-state index in [1.807, 2.05) is 0 Å². The lowest BCUT2D eigenvalue weighted by molar-refractivity contribution is 0.292.